The molecule has 3 aromatic rings. The Morgan fingerprint density at radius 3 is 2.36 bits per heavy atom. The monoisotopic (exact) mass is 609 g/mol. The predicted molar refractivity (Wildman–Crippen MR) is 148 cm³/mol. The van der Waals surface area contributed by atoms with E-state index >= 15 is 0 Å². The highest BCUT2D eigenvalue weighted by atomic mass is 79.9. The fraction of sp³-hybridized carbons (Fsp3) is 0.214. The van der Waals surface area contributed by atoms with Gasteiger partial charge in [-0.3, -0.25) is 4.79 Å². The minimum atomic E-state index is -0.268. The van der Waals surface area contributed by atoms with E-state index in [9.17, 15) is 10.1 Å². The van der Waals surface area contributed by atoms with E-state index < -0.39 is 0 Å². The van der Waals surface area contributed by atoms with Crippen LogP contribution in [0.2, 0.25) is 0 Å². The number of benzene rings is 3. The van der Waals surface area contributed by atoms with Crippen molar-refractivity contribution in [1.82, 2.24) is 4.90 Å². The van der Waals surface area contributed by atoms with Crippen LogP contribution in [0.15, 0.2) is 81.2 Å². The zero-order valence-electron chi connectivity index (χ0n) is 19.8. The van der Waals surface area contributed by atoms with Gasteiger partial charge in [0.2, 0.25) is 0 Å². The van der Waals surface area contributed by atoms with Crippen molar-refractivity contribution in [2.45, 2.75) is 6.61 Å². The first-order chi connectivity index (χ1) is 17.5. The number of ether oxygens (including phenoxy) is 2. The molecule has 0 saturated carbocycles. The second-order valence-corrected chi connectivity index (χ2v) is 10.0. The third-order valence-corrected chi connectivity index (χ3v) is 7.02. The van der Waals surface area contributed by atoms with E-state index in [0.29, 0.717) is 41.2 Å². The van der Waals surface area contributed by atoms with Gasteiger partial charge in [-0.1, -0.05) is 46.3 Å². The second kappa shape index (κ2) is 12.1. The summed E-state index contributed by atoms with van der Waals surface area (Å²) in [6, 6.07) is 23.7. The molecule has 0 aromatic heterocycles. The number of methoxy groups -OCH3 is 1. The molecule has 0 spiro atoms. The van der Waals surface area contributed by atoms with Crippen LogP contribution < -0.4 is 14.4 Å². The number of anilines is 1. The molecule has 1 heterocycles. The Morgan fingerprint density at radius 2 is 1.72 bits per heavy atom. The molecule has 0 bridgehead atoms. The molecule has 0 radical (unpaired) electrons. The fourth-order valence-electron chi connectivity index (χ4n) is 3.98. The first-order valence-electron chi connectivity index (χ1n) is 11.4. The van der Waals surface area contributed by atoms with Crippen molar-refractivity contribution in [2.75, 3.05) is 38.2 Å². The number of hydrogen-bond donors (Lipinski definition) is 0. The number of nitrogens with zero attached hydrogens (tertiary/aromatic N) is 3. The Balaban J connectivity index is 1.46. The van der Waals surface area contributed by atoms with Gasteiger partial charge < -0.3 is 19.3 Å². The Morgan fingerprint density at radius 1 is 1.03 bits per heavy atom. The summed E-state index contributed by atoms with van der Waals surface area (Å²) >= 11 is 6.98. The van der Waals surface area contributed by atoms with Crippen LogP contribution in [-0.4, -0.2) is 44.1 Å². The third-order valence-electron chi connectivity index (χ3n) is 5.90. The van der Waals surface area contributed by atoms with Crippen molar-refractivity contribution in [3.63, 3.8) is 0 Å². The molecule has 1 saturated heterocycles. The standard InChI is InChI=1S/C28H25Br2N3O3/c1-35-26-17-21(16-25(30)27(26)36-19-20-7-9-23(29)10-8-20)15-22(18-31)28(34)33-13-11-32(12-14-33)24-5-3-2-4-6-24/h2-10,15-17H,11-14,19H2,1H3/b22-15-. The number of carbonyl (C=O) groups excluding carboxylic acids is 1. The van der Waals surface area contributed by atoms with Gasteiger partial charge >= 0.3 is 0 Å². The lowest BCUT2D eigenvalue weighted by atomic mass is 10.1. The maximum Gasteiger partial charge on any atom is 0.264 e. The fourth-order valence-corrected chi connectivity index (χ4v) is 4.82. The van der Waals surface area contributed by atoms with Crippen LogP contribution in [0.3, 0.4) is 0 Å². The number of halogens is 2. The van der Waals surface area contributed by atoms with Crippen LogP contribution >= 0.6 is 31.9 Å². The van der Waals surface area contributed by atoms with Crippen LogP contribution in [0.25, 0.3) is 6.08 Å². The largest absolute Gasteiger partial charge is 0.493 e. The van der Waals surface area contributed by atoms with Crippen LogP contribution in [0.4, 0.5) is 5.69 Å². The zero-order valence-corrected chi connectivity index (χ0v) is 23.0. The van der Waals surface area contributed by atoms with Crippen LogP contribution in [0.5, 0.6) is 11.5 Å². The highest BCUT2D eigenvalue weighted by Crippen LogP contribution is 2.38. The molecular weight excluding hydrogens is 586 g/mol. The highest BCUT2D eigenvalue weighted by molar-refractivity contribution is 9.10. The molecule has 0 N–H and O–H groups in total. The van der Waals surface area contributed by atoms with Crippen LogP contribution in [0.1, 0.15) is 11.1 Å². The van der Waals surface area contributed by atoms with Gasteiger partial charge in [-0.15, -0.1) is 0 Å². The van der Waals surface area contributed by atoms with E-state index in [1.165, 1.54) is 0 Å². The highest BCUT2D eigenvalue weighted by Gasteiger charge is 2.24. The molecular formula is C28H25Br2N3O3. The zero-order chi connectivity index (χ0) is 25.5. The second-order valence-electron chi connectivity index (χ2n) is 8.23. The van der Waals surface area contributed by atoms with Gasteiger partial charge in [0, 0.05) is 36.3 Å². The van der Waals surface area contributed by atoms with E-state index in [0.717, 1.165) is 28.8 Å². The number of rotatable bonds is 7. The number of carbonyl (C=O) groups is 1. The summed E-state index contributed by atoms with van der Waals surface area (Å²) in [7, 11) is 1.56. The minimum Gasteiger partial charge on any atom is -0.493 e. The summed E-state index contributed by atoms with van der Waals surface area (Å²) in [5.41, 5.74) is 2.91. The summed E-state index contributed by atoms with van der Waals surface area (Å²) in [4.78, 5) is 17.1. The Hall–Kier alpha value is -3.28. The van der Waals surface area contributed by atoms with Crippen molar-refractivity contribution in [1.29, 1.82) is 5.26 Å². The molecule has 1 aliphatic rings. The van der Waals surface area contributed by atoms with E-state index in [1.807, 2.05) is 48.5 Å². The van der Waals surface area contributed by atoms with Crippen LogP contribution in [0, 0.1) is 11.3 Å². The van der Waals surface area contributed by atoms with Gasteiger partial charge in [-0.25, -0.2) is 0 Å². The number of para-hydroxylation sites is 1. The van der Waals surface area contributed by atoms with Crippen molar-refractivity contribution >= 4 is 49.5 Å². The number of hydrogen-bond acceptors (Lipinski definition) is 5. The molecule has 0 aliphatic carbocycles. The topological polar surface area (TPSA) is 65.8 Å². The Kier molecular flexibility index (Phi) is 8.68. The average Bonchev–Trinajstić information content (AvgIpc) is 2.92. The Labute approximate surface area is 228 Å². The number of nitriles is 1. The molecule has 3 aromatic carbocycles. The summed E-state index contributed by atoms with van der Waals surface area (Å²) < 4.78 is 13.2. The molecule has 1 amide bonds. The predicted octanol–water partition coefficient (Wildman–Crippen LogP) is 6.05. The number of piperazine rings is 1. The molecule has 1 fully saturated rings. The Bertz CT molecular complexity index is 1280. The molecule has 0 unspecified atom stereocenters. The van der Waals surface area contributed by atoms with E-state index in [2.05, 4.69) is 55.0 Å². The summed E-state index contributed by atoms with van der Waals surface area (Å²) in [6.45, 7) is 2.93. The van der Waals surface area contributed by atoms with Crippen molar-refractivity contribution in [2.24, 2.45) is 0 Å². The first-order valence-corrected chi connectivity index (χ1v) is 13.0. The summed E-state index contributed by atoms with van der Waals surface area (Å²) in [6.07, 6.45) is 1.59. The molecule has 36 heavy (non-hydrogen) atoms. The minimum absolute atomic E-state index is 0.0839. The van der Waals surface area contributed by atoms with Crippen molar-refractivity contribution in [3.05, 3.63) is 92.4 Å². The summed E-state index contributed by atoms with van der Waals surface area (Å²) in [5, 5.41) is 9.75. The quantitative estimate of drug-likeness (QED) is 0.240. The van der Waals surface area contributed by atoms with Crippen molar-refractivity contribution < 1.29 is 14.3 Å². The lowest BCUT2D eigenvalue weighted by molar-refractivity contribution is -0.126. The van der Waals surface area contributed by atoms with E-state index in [-0.39, 0.29) is 11.5 Å². The first kappa shape index (κ1) is 25.8. The lowest BCUT2D eigenvalue weighted by Gasteiger charge is -2.36. The maximum absolute atomic E-state index is 13.1. The van der Waals surface area contributed by atoms with Gasteiger partial charge in [-0.05, 0) is 69.5 Å². The van der Waals surface area contributed by atoms with E-state index in [4.69, 9.17) is 9.47 Å². The molecule has 6 nitrogen and oxygen atoms in total. The smallest absolute Gasteiger partial charge is 0.264 e. The molecule has 8 heteroatoms. The SMILES string of the molecule is COc1cc(/C=C(/C#N)C(=O)N2CCN(c3ccccc3)CC2)cc(Br)c1OCc1ccc(Br)cc1. The van der Waals surface area contributed by atoms with Gasteiger partial charge in [0.15, 0.2) is 11.5 Å². The number of amides is 1. The molecule has 1 aliphatic heterocycles. The molecule has 4 rings (SSSR count). The maximum atomic E-state index is 13.1. The van der Waals surface area contributed by atoms with Gasteiger partial charge in [0.25, 0.3) is 5.91 Å². The van der Waals surface area contributed by atoms with Gasteiger partial charge in [0.1, 0.15) is 18.2 Å². The lowest BCUT2D eigenvalue weighted by Crippen LogP contribution is -2.49. The van der Waals surface area contributed by atoms with Gasteiger partial charge in [0.05, 0.1) is 11.6 Å². The van der Waals surface area contributed by atoms with Crippen LogP contribution in [-0.2, 0) is 11.4 Å². The van der Waals surface area contributed by atoms with Crippen molar-refractivity contribution in [3.8, 4) is 17.6 Å². The molecule has 0 atom stereocenters. The van der Waals surface area contributed by atoms with Gasteiger partial charge in [-0.2, -0.15) is 5.26 Å². The van der Waals surface area contributed by atoms with E-state index in [1.54, 1.807) is 24.2 Å². The average molecular weight is 611 g/mol. The normalized spacial score (nSPS) is 13.8. The third kappa shape index (κ3) is 6.28. The molecule has 184 valence electrons. The summed E-state index contributed by atoms with van der Waals surface area (Å²) in [5.74, 6) is 0.796.